The van der Waals surface area contributed by atoms with Crippen LogP contribution in [-0.2, 0) is 16.0 Å². The Morgan fingerprint density at radius 3 is 3.07 bits per heavy atom. The van der Waals surface area contributed by atoms with Crippen LogP contribution in [-0.4, -0.2) is 18.6 Å². The summed E-state index contributed by atoms with van der Waals surface area (Å²) in [5, 5.41) is 0. The Morgan fingerprint density at radius 1 is 1.71 bits per heavy atom. The summed E-state index contributed by atoms with van der Waals surface area (Å²) in [5.41, 5.74) is 6.54. The molecule has 2 N–H and O–H groups in total. The molecule has 1 atom stereocenters. The van der Waals surface area contributed by atoms with E-state index in [0.717, 1.165) is 12.0 Å². The van der Waals surface area contributed by atoms with E-state index in [9.17, 15) is 4.79 Å². The highest BCUT2D eigenvalue weighted by molar-refractivity contribution is 5.75. The Labute approximate surface area is 83.0 Å². The maximum atomic E-state index is 11.3. The summed E-state index contributed by atoms with van der Waals surface area (Å²) in [5.74, 6) is -0.354. The molecule has 1 aromatic heterocycles. The molecule has 0 spiro atoms. The third-order valence-corrected chi connectivity index (χ3v) is 1.79. The smallest absolute Gasteiger partial charge is 0.323 e. The second-order valence-corrected chi connectivity index (χ2v) is 3.11. The van der Waals surface area contributed by atoms with Crippen molar-refractivity contribution in [1.29, 1.82) is 0 Å². The zero-order chi connectivity index (χ0) is 10.4. The Kier molecular flexibility index (Phi) is 4.19. The molecule has 0 saturated carbocycles. The van der Waals surface area contributed by atoms with Gasteiger partial charge in [0.15, 0.2) is 0 Å². The van der Waals surface area contributed by atoms with Crippen LogP contribution in [0.3, 0.4) is 0 Å². The molecule has 0 radical (unpaired) electrons. The lowest BCUT2D eigenvalue weighted by atomic mass is 10.1. The molecular weight excluding hydrogens is 182 g/mol. The number of hydrogen-bond donors (Lipinski definition) is 1. The minimum absolute atomic E-state index is 0.354. The number of carbonyl (C=O) groups is 1. The van der Waals surface area contributed by atoms with Gasteiger partial charge in [0.05, 0.1) is 19.1 Å². The van der Waals surface area contributed by atoms with Crippen molar-refractivity contribution < 1.29 is 13.9 Å². The first-order valence-electron chi connectivity index (χ1n) is 4.67. The fourth-order valence-corrected chi connectivity index (χ4v) is 1.06. The molecule has 0 aliphatic rings. The van der Waals surface area contributed by atoms with Gasteiger partial charge in [-0.25, -0.2) is 0 Å². The Hall–Kier alpha value is -1.29. The molecule has 78 valence electrons. The molecule has 0 aliphatic heterocycles. The molecule has 0 saturated heterocycles. The number of rotatable bonds is 5. The highest BCUT2D eigenvalue weighted by Crippen LogP contribution is 2.03. The van der Waals surface area contributed by atoms with E-state index in [2.05, 4.69) is 0 Å². The first-order valence-corrected chi connectivity index (χ1v) is 4.67. The van der Waals surface area contributed by atoms with Crippen LogP contribution in [0.5, 0.6) is 0 Å². The van der Waals surface area contributed by atoms with Gasteiger partial charge in [0.25, 0.3) is 0 Å². The topological polar surface area (TPSA) is 65.5 Å². The minimum Gasteiger partial charge on any atom is -0.472 e. The molecule has 0 aromatic carbocycles. The quantitative estimate of drug-likeness (QED) is 0.718. The predicted molar refractivity (Wildman–Crippen MR) is 51.6 cm³/mol. The van der Waals surface area contributed by atoms with Crippen molar-refractivity contribution in [2.45, 2.75) is 25.8 Å². The van der Waals surface area contributed by atoms with Gasteiger partial charge in [-0.15, -0.1) is 0 Å². The van der Waals surface area contributed by atoms with Crippen molar-refractivity contribution in [2.75, 3.05) is 6.61 Å². The van der Waals surface area contributed by atoms with E-state index in [-0.39, 0.29) is 5.97 Å². The second kappa shape index (κ2) is 5.44. The van der Waals surface area contributed by atoms with E-state index < -0.39 is 6.04 Å². The number of ether oxygens (including phenoxy) is 1. The van der Waals surface area contributed by atoms with Crippen LogP contribution in [0.25, 0.3) is 0 Å². The molecule has 0 amide bonds. The van der Waals surface area contributed by atoms with Crippen molar-refractivity contribution in [1.82, 2.24) is 0 Å². The van der Waals surface area contributed by atoms with Gasteiger partial charge in [0.2, 0.25) is 0 Å². The number of esters is 1. The number of furan rings is 1. The highest BCUT2D eigenvalue weighted by Gasteiger charge is 2.15. The SMILES string of the molecule is CCCOC(=O)C(N)Cc1ccoc1. The maximum Gasteiger partial charge on any atom is 0.323 e. The fraction of sp³-hybridized carbons (Fsp3) is 0.500. The average molecular weight is 197 g/mol. The van der Waals surface area contributed by atoms with Gasteiger partial charge in [-0.2, -0.15) is 0 Å². The van der Waals surface area contributed by atoms with Crippen LogP contribution >= 0.6 is 0 Å². The van der Waals surface area contributed by atoms with E-state index in [1.807, 2.05) is 6.92 Å². The van der Waals surface area contributed by atoms with Gasteiger partial charge in [-0.3, -0.25) is 4.79 Å². The molecule has 0 bridgehead atoms. The summed E-state index contributed by atoms with van der Waals surface area (Å²) < 4.78 is 9.78. The van der Waals surface area contributed by atoms with Gasteiger partial charge in [0.1, 0.15) is 6.04 Å². The molecule has 1 rings (SSSR count). The van der Waals surface area contributed by atoms with Gasteiger partial charge in [-0.05, 0) is 18.1 Å². The van der Waals surface area contributed by atoms with E-state index in [1.54, 1.807) is 18.6 Å². The number of nitrogens with two attached hydrogens (primary N) is 1. The molecule has 14 heavy (non-hydrogen) atoms. The van der Waals surface area contributed by atoms with Gasteiger partial charge >= 0.3 is 5.97 Å². The fourth-order valence-electron chi connectivity index (χ4n) is 1.06. The maximum absolute atomic E-state index is 11.3. The molecule has 1 heterocycles. The summed E-state index contributed by atoms with van der Waals surface area (Å²) in [7, 11) is 0. The lowest BCUT2D eigenvalue weighted by molar-refractivity contribution is -0.145. The normalized spacial score (nSPS) is 12.4. The molecule has 0 fully saturated rings. The summed E-state index contributed by atoms with van der Waals surface area (Å²) >= 11 is 0. The molecule has 1 unspecified atom stereocenters. The standard InChI is InChI=1S/C10H15NO3/c1-2-4-14-10(12)9(11)6-8-3-5-13-7-8/h3,5,7,9H,2,4,6,11H2,1H3. The second-order valence-electron chi connectivity index (χ2n) is 3.11. The van der Waals surface area contributed by atoms with E-state index in [4.69, 9.17) is 14.9 Å². The zero-order valence-corrected chi connectivity index (χ0v) is 8.23. The third kappa shape index (κ3) is 3.22. The minimum atomic E-state index is -0.598. The van der Waals surface area contributed by atoms with Crippen LogP contribution in [0, 0.1) is 0 Å². The lowest BCUT2D eigenvalue weighted by Gasteiger charge is -2.09. The van der Waals surface area contributed by atoms with Gasteiger partial charge in [0, 0.05) is 6.42 Å². The first-order chi connectivity index (χ1) is 6.74. The largest absolute Gasteiger partial charge is 0.472 e. The molecule has 4 nitrogen and oxygen atoms in total. The summed E-state index contributed by atoms with van der Waals surface area (Å²) in [6.45, 7) is 2.37. The van der Waals surface area contributed by atoms with E-state index in [0.29, 0.717) is 13.0 Å². The third-order valence-electron chi connectivity index (χ3n) is 1.79. The highest BCUT2D eigenvalue weighted by atomic mass is 16.5. The van der Waals surface area contributed by atoms with Gasteiger partial charge in [-0.1, -0.05) is 6.92 Å². The molecule has 4 heteroatoms. The van der Waals surface area contributed by atoms with Crippen LogP contribution in [0.1, 0.15) is 18.9 Å². The predicted octanol–water partition coefficient (Wildman–Crippen LogP) is 1.10. The lowest BCUT2D eigenvalue weighted by Crippen LogP contribution is -2.34. The Morgan fingerprint density at radius 2 is 2.50 bits per heavy atom. The van der Waals surface area contributed by atoms with Crippen molar-refractivity contribution in [2.24, 2.45) is 5.73 Å². The van der Waals surface area contributed by atoms with Crippen molar-refractivity contribution in [3.8, 4) is 0 Å². The summed E-state index contributed by atoms with van der Waals surface area (Å²) in [4.78, 5) is 11.3. The van der Waals surface area contributed by atoms with Crippen molar-refractivity contribution in [3.63, 3.8) is 0 Å². The number of hydrogen-bond acceptors (Lipinski definition) is 4. The Bertz CT molecular complexity index is 269. The van der Waals surface area contributed by atoms with Crippen LogP contribution in [0.2, 0.25) is 0 Å². The molecule has 1 aromatic rings. The van der Waals surface area contributed by atoms with Crippen LogP contribution in [0.15, 0.2) is 23.0 Å². The van der Waals surface area contributed by atoms with Crippen LogP contribution < -0.4 is 5.73 Å². The molecular formula is C10H15NO3. The molecule has 0 aliphatic carbocycles. The van der Waals surface area contributed by atoms with Crippen molar-refractivity contribution >= 4 is 5.97 Å². The first kappa shape index (κ1) is 10.8. The zero-order valence-electron chi connectivity index (χ0n) is 8.23. The van der Waals surface area contributed by atoms with Gasteiger partial charge < -0.3 is 14.9 Å². The van der Waals surface area contributed by atoms with E-state index in [1.165, 1.54) is 0 Å². The summed E-state index contributed by atoms with van der Waals surface area (Å²) in [6.07, 6.45) is 4.40. The van der Waals surface area contributed by atoms with Crippen molar-refractivity contribution in [3.05, 3.63) is 24.2 Å². The number of carbonyl (C=O) groups excluding carboxylic acids is 1. The Balaban J connectivity index is 2.34. The summed E-state index contributed by atoms with van der Waals surface area (Å²) in [6, 6.07) is 1.19. The van der Waals surface area contributed by atoms with E-state index >= 15 is 0 Å². The van der Waals surface area contributed by atoms with Crippen LogP contribution in [0.4, 0.5) is 0 Å². The average Bonchev–Trinajstić information content (AvgIpc) is 2.66. The monoisotopic (exact) mass is 197 g/mol.